The molecule has 2 N–H and O–H groups in total. The van der Waals surface area contributed by atoms with Crippen molar-refractivity contribution in [1.82, 2.24) is 5.32 Å². The molecule has 136 valence electrons. The summed E-state index contributed by atoms with van der Waals surface area (Å²) < 4.78 is 23.6. The van der Waals surface area contributed by atoms with Crippen molar-refractivity contribution in [1.29, 1.82) is 0 Å². The van der Waals surface area contributed by atoms with Crippen LogP contribution in [0.2, 0.25) is 0 Å². The molecule has 0 bridgehead atoms. The first kappa shape index (κ1) is 18.8. The van der Waals surface area contributed by atoms with Crippen molar-refractivity contribution >= 4 is 17.7 Å². The zero-order chi connectivity index (χ0) is 18.4. The number of alkyl carbamates (subject to hydrolysis) is 1. The van der Waals surface area contributed by atoms with Crippen molar-refractivity contribution in [2.45, 2.75) is 39.2 Å². The van der Waals surface area contributed by atoms with Crippen LogP contribution >= 0.6 is 0 Å². The van der Waals surface area contributed by atoms with Gasteiger partial charge in [-0.1, -0.05) is 6.07 Å². The molecule has 1 aromatic carbocycles. The van der Waals surface area contributed by atoms with Crippen LogP contribution in [0.3, 0.4) is 0 Å². The lowest BCUT2D eigenvalue weighted by Crippen LogP contribution is -2.34. The fraction of sp³-hybridized carbons (Fsp3) is 0.444. The van der Waals surface area contributed by atoms with E-state index in [1.807, 2.05) is 6.07 Å². The molecular formula is C18H23FN2O4. The number of anilines is 1. The summed E-state index contributed by atoms with van der Waals surface area (Å²) in [4.78, 5) is 23.0. The van der Waals surface area contributed by atoms with Gasteiger partial charge in [-0.2, -0.15) is 0 Å². The number of nitrogens with one attached hydrogen (secondary N) is 2. The second-order valence-electron chi connectivity index (χ2n) is 6.78. The number of amides is 2. The maximum absolute atomic E-state index is 13.0. The highest BCUT2D eigenvalue weighted by atomic mass is 19.1. The van der Waals surface area contributed by atoms with Gasteiger partial charge in [0.05, 0.1) is 6.33 Å². The molecule has 1 aliphatic rings. The number of hydrogen-bond acceptors (Lipinski definition) is 4. The number of benzene rings is 1. The lowest BCUT2D eigenvalue weighted by Gasteiger charge is -2.20. The van der Waals surface area contributed by atoms with Crippen molar-refractivity contribution in [3.63, 3.8) is 0 Å². The van der Waals surface area contributed by atoms with Crippen LogP contribution in [-0.2, 0) is 16.0 Å². The second-order valence-corrected chi connectivity index (χ2v) is 6.78. The molecule has 0 saturated heterocycles. The summed E-state index contributed by atoms with van der Waals surface area (Å²) in [5.74, 6) is 0.480. The van der Waals surface area contributed by atoms with Crippen LogP contribution in [0.4, 0.5) is 14.9 Å². The Bertz CT molecular complexity index is 680. The number of halogens is 1. The fourth-order valence-corrected chi connectivity index (χ4v) is 2.24. The maximum atomic E-state index is 13.0. The number of fused-ring (bicyclic) bond motifs is 1. The highest BCUT2D eigenvalue weighted by Crippen LogP contribution is 2.27. The maximum Gasteiger partial charge on any atom is 0.407 e. The number of rotatable bonds is 5. The smallest absolute Gasteiger partial charge is 0.407 e. The third kappa shape index (κ3) is 6.10. The molecule has 0 fully saturated rings. The summed E-state index contributed by atoms with van der Waals surface area (Å²) >= 11 is 0. The summed E-state index contributed by atoms with van der Waals surface area (Å²) in [7, 11) is 0. The average Bonchev–Trinajstić information content (AvgIpc) is 2.53. The molecule has 6 nitrogen and oxygen atoms in total. The van der Waals surface area contributed by atoms with E-state index in [-0.39, 0.29) is 24.6 Å². The fourth-order valence-electron chi connectivity index (χ4n) is 2.24. The van der Waals surface area contributed by atoms with Gasteiger partial charge >= 0.3 is 6.09 Å². The lowest BCUT2D eigenvalue weighted by atomic mass is 10.0. The van der Waals surface area contributed by atoms with Crippen LogP contribution in [0, 0.1) is 0 Å². The molecule has 0 atom stereocenters. The van der Waals surface area contributed by atoms with Gasteiger partial charge in [0.1, 0.15) is 18.0 Å². The summed E-state index contributed by atoms with van der Waals surface area (Å²) in [5.41, 5.74) is 1.40. The third-order valence-corrected chi connectivity index (χ3v) is 3.41. The van der Waals surface area contributed by atoms with E-state index in [0.717, 1.165) is 5.56 Å². The van der Waals surface area contributed by atoms with E-state index in [9.17, 15) is 14.0 Å². The zero-order valence-corrected chi connectivity index (χ0v) is 14.6. The van der Waals surface area contributed by atoms with Crippen LogP contribution in [-0.4, -0.2) is 30.8 Å². The number of carbonyl (C=O) groups excluding carboxylic acids is 2. The van der Waals surface area contributed by atoms with Gasteiger partial charge < -0.3 is 20.1 Å². The van der Waals surface area contributed by atoms with Gasteiger partial charge in [0.25, 0.3) is 0 Å². The molecule has 25 heavy (non-hydrogen) atoms. The van der Waals surface area contributed by atoms with E-state index in [1.165, 1.54) is 0 Å². The normalized spacial score (nSPS) is 14.4. The van der Waals surface area contributed by atoms with Crippen LogP contribution in [0.5, 0.6) is 5.75 Å². The minimum absolute atomic E-state index is 0.0207. The summed E-state index contributed by atoms with van der Waals surface area (Å²) in [6, 6.07) is 5.36. The van der Waals surface area contributed by atoms with E-state index >= 15 is 0 Å². The molecule has 2 amide bonds. The average molecular weight is 350 g/mol. The Morgan fingerprint density at radius 3 is 2.80 bits per heavy atom. The Kier molecular flexibility index (Phi) is 6.01. The molecule has 0 aliphatic carbocycles. The Labute approximate surface area is 146 Å². The van der Waals surface area contributed by atoms with E-state index in [1.54, 1.807) is 32.9 Å². The Morgan fingerprint density at radius 2 is 2.12 bits per heavy atom. The van der Waals surface area contributed by atoms with Gasteiger partial charge in [-0.3, -0.25) is 4.79 Å². The van der Waals surface area contributed by atoms with E-state index in [4.69, 9.17) is 9.47 Å². The number of ether oxygens (including phenoxy) is 2. The van der Waals surface area contributed by atoms with Gasteiger partial charge in [0.15, 0.2) is 0 Å². The van der Waals surface area contributed by atoms with Gasteiger partial charge in [-0.25, -0.2) is 9.18 Å². The predicted molar refractivity (Wildman–Crippen MR) is 92.3 cm³/mol. The Hall–Kier alpha value is -2.57. The number of carbonyl (C=O) groups is 2. The van der Waals surface area contributed by atoms with Gasteiger partial charge in [-0.15, -0.1) is 0 Å². The lowest BCUT2D eigenvalue weighted by molar-refractivity contribution is -0.116. The molecule has 0 unspecified atom stereocenters. The molecular weight excluding hydrogens is 327 g/mol. The first-order valence-electron chi connectivity index (χ1n) is 8.07. The summed E-state index contributed by atoms with van der Waals surface area (Å²) in [6.07, 6.45) is 0.940. The molecule has 1 heterocycles. The Morgan fingerprint density at radius 1 is 1.36 bits per heavy atom. The van der Waals surface area contributed by atoms with Crippen molar-refractivity contribution in [2.75, 3.05) is 18.5 Å². The molecule has 0 saturated carbocycles. The second kappa shape index (κ2) is 8.00. The molecule has 2 rings (SSSR count). The van der Waals surface area contributed by atoms with E-state index in [0.29, 0.717) is 30.6 Å². The van der Waals surface area contributed by atoms with E-state index < -0.39 is 11.7 Å². The van der Waals surface area contributed by atoms with Crippen LogP contribution in [0.25, 0.3) is 0 Å². The van der Waals surface area contributed by atoms with Gasteiger partial charge in [0, 0.05) is 30.3 Å². The molecule has 0 aromatic heterocycles. The first-order valence-corrected chi connectivity index (χ1v) is 8.07. The number of aryl methyl sites for hydroxylation is 1. The topological polar surface area (TPSA) is 76.7 Å². The van der Waals surface area contributed by atoms with Crippen molar-refractivity contribution in [3.05, 3.63) is 35.7 Å². The monoisotopic (exact) mass is 350 g/mol. The quantitative estimate of drug-likeness (QED) is 0.854. The third-order valence-electron chi connectivity index (χ3n) is 3.41. The zero-order valence-electron chi connectivity index (χ0n) is 14.6. The molecule has 0 radical (unpaired) electrons. The minimum atomic E-state index is -0.622. The van der Waals surface area contributed by atoms with Crippen LogP contribution in [0.15, 0.2) is 30.1 Å². The largest absolute Gasteiger partial charge is 0.489 e. The summed E-state index contributed by atoms with van der Waals surface area (Å²) in [5, 5.41) is 5.26. The van der Waals surface area contributed by atoms with Gasteiger partial charge in [0.2, 0.25) is 5.91 Å². The first-order chi connectivity index (χ1) is 11.8. The predicted octanol–water partition coefficient (Wildman–Crippen LogP) is 3.33. The Balaban J connectivity index is 1.86. The van der Waals surface area contributed by atoms with E-state index in [2.05, 4.69) is 10.6 Å². The van der Waals surface area contributed by atoms with Crippen molar-refractivity contribution in [3.8, 4) is 5.75 Å². The molecule has 0 spiro atoms. The highest BCUT2D eigenvalue weighted by Gasteiger charge is 2.17. The minimum Gasteiger partial charge on any atom is -0.489 e. The standard InChI is InChI=1S/C18H23FN2O4/c1-18(2,3)25-17(23)20-10-12(9-19)11-24-14-6-4-13-5-7-16(22)21-15(13)8-14/h4,6,8-9H,5,7,10-11H2,1-3H3,(H,20,23)(H,21,22)/b12-9-. The van der Waals surface area contributed by atoms with Crippen LogP contribution < -0.4 is 15.4 Å². The SMILES string of the molecule is CC(C)(C)OC(=O)NC/C(=C/F)COc1ccc2c(c1)NC(=O)CC2. The van der Waals surface area contributed by atoms with Crippen molar-refractivity contribution < 1.29 is 23.5 Å². The molecule has 1 aromatic rings. The molecule has 1 aliphatic heterocycles. The van der Waals surface area contributed by atoms with Crippen LogP contribution in [0.1, 0.15) is 32.8 Å². The molecule has 7 heteroatoms. The highest BCUT2D eigenvalue weighted by molar-refractivity contribution is 5.94. The summed E-state index contributed by atoms with van der Waals surface area (Å²) in [6.45, 7) is 5.19. The van der Waals surface area contributed by atoms with Gasteiger partial charge in [-0.05, 0) is 38.8 Å². The van der Waals surface area contributed by atoms with Crippen molar-refractivity contribution in [2.24, 2.45) is 0 Å². The number of hydrogen-bond donors (Lipinski definition) is 2.